The maximum atomic E-state index is 13.4. The van der Waals surface area contributed by atoms with Crippen LogP contribution in [0.2, 0.25) is 5.02 Å². The van der Waals surface area contributed by atoms with E-state index in [1.165, 1.54) is 15.9 Å². The van der Waals surface area contributed by atoms with E-state index in [0.717, 1.165) is 5.56 Å². The summed E-state index contributed by atoms with van der Waals surface area (Å²) in [4.78, 5) is 31.3. The molecule has 0 spiro atoms. The van der Waals surface area contributed by atoms with E-state index < -0.39 is 12.0 Å². The number of aromatic nitrogens is 1. The molecule has 32 heavy (non-hydrogen) atoms. The molecule has 1 aliphatic heterocycles. The highest BCUT2D eigenvalue weighted by Crippen LogP contribution is 2.34. The fourth-order valence-electron chi connectivity index (χ4n) is 3.61. The summed E-state index contributed by atoms with van der Waals surface area (Å²) in [5.74, 6) is -0.503. The summed E-state index contributed by atoms with van der Waals surface area (Å²) in [7, 11) is 0. The molecule has 5 nitrogen and oxygen atoms in total. The predicted octanol–water partition coefficient (Wildman–Crippen LogP) is 4.12. The van der Waals surface area contributed by atoms with Gasteiger partial charge in [0.15, 0.2) is 4.80 Å². The molecule has 162 valence electrons. The Morgan fingerprint density at radius 2 is 1.91 bits per heavy atom. The van der Waals surface area contributed by atoms with Crippen molar-refractivity contribution in [3.63, 3.8) is 0 Å². The molecule has 7 heteroatoms. The molecule has 2 aromatic carbocycles. The van der Waals surface area contributed by atoms with Crippen molar-refractivity contribution in [3.05, 3.63) is 108 Å². The zero-order chi connectivity index (χ0) is 22.7. The van der Waals surface area contributed by atoms with Crippen LogP contribution < -0.4 is 14.9 Å². The summed E-state index contributed by atoms with van der Waals surface area (Å²) in [5.41, 5.74) is 2.29. The largest absolute Gasteiger partial charge is 0.463 e. The van der Waals surface area contributed by atoms with Crippen LogP contribution in [0.4, 0.5) is 0 Å². The number of benzene rings is 2. The quantitative estimate of drug-likeness (QED) is 0.534. The molecule has 3 aromatic rings. The van der Waals surface area contributed by atoms with E-state index in [-0.39, 0.29) is 12.2 Å². The lowest BCUT2D eigenvalue weighted by Crippen LogP contribution is -2.40. The number of allylic oxidation sites excluding steroid dienone is 2. The molecule has 4 rings (SSSR count). The van der Waals surface area contributed by atoms with E-state index in [1.54, 1.807) is 26.0 Å². The molecule has 0 saturated heterocycles. The number of nitrogens with zero attached hydrogens (tertiary/aromatic N) is 2. The minimum absolute atomic E-state index is 0.222. The molecule has 1 aliphatic rings. The van der Waals surface area contributed by atoms with Crippen LogP contribution in [-0.2, 0) is 9.53 Å². The van der Waals surface area contributed by atoms with E-state index in [2.05, 4.69) is 4.99 Å². The lowest BCUT2D eigenvalue weighted by atomic mass is 9.96. The number of fused-ring (bicyclic) bond motifs is 1. The van der Waals surface area contributed by atoms with Gasteiger partial charge in [-0.3, -0.25) is 9.36 Å². The van der Waals surface area contributed by atoms with Crippen LogP contribution in [-0.4, -0.2) is 17.1 Å². The van der Waals surface area contributed by atoms with Crippen molar-refractivity contribution in [2.45, 2.75) is 19.9 Å². The second-order valence-corrected chi connectivity index (χ2v) is 8.53. The zero-order valence-electron chi connectivity index (χ0n) is 17.6. The van der Waals surface area contributed by atoms with Gasteiger partial charge in [-0.15, -0.1) is 0 Å². The highest BCUT2D eigenvalue weighted by atomic mass is 35.5. The van der Waals surface area contributed by atoms with Crippen molar-refractivity contribution in [2.24, 2.45) is 4.99 Å². The van der Waals surface area contributed by atoms with Crippen LogP contribution in [0.1, 0.15) is 31.0 Å². The van der Waals surface area contributed by atoms with Gasteiger partial charge in [-0.2, -0.15) is 0 Å². The van der Waals surface area contributed by atoms with Gasteiger partial charge < -0.3 is 4.74 Å². The third kappa shape index (κ3) is 4.24. The molecule has 0 saturated carbocycles. The van der Waals surface area contributed by atoms with E-state index in [4.69, 9.17) is 16.3 Å². The summed E-state index contributed by atoms with van der Waals surface area (Å²) in [6, 6.07) is 16.3. The Morgan fingerprint density at radius 1 is 1.19 bits per heavy atom. The predicted molar refractivity (Wildman–Crippen MR) is 128 cm³/mol. The first-order chi connectivity index (χ1) is 15.5. The van der Waals surface area contributed by atoms with Crippen LogP contribution in [0.25, 0.3) is 12.2 Å². The monoisotopic (exact) mass is 464 g/mol. The molecule has 0 unspecified atom stereocenters. The fourth-order valence-corrected chi connectivity index (χ4v) is 4.84. The van der Waals surface area contributed by atoms with Gasteiger partial charge in [0, 0.05) is 5.02 Å². The van der Waals surface area contributed by atoms with Crippen molar-refractivity contribution >= 4 is 41.1 Å². The number of rotatable bonds is 5. The van der Waals surface area contributed by atoms with E-state index in [9.17, 15) is 9.59 Å². The van der Waals surface area contributed by atoms with Gasteiger partial charge in [0.1, 0.15) is 6.04 Å². The van der Waals surface area contributed by atoms with E-state index in [0.29, 0.717) is 31.2 Å². The Bertz CT molecular complexity index is 1400. The van der Waals surface area contributed by atoms with Gasteiger partial charge >= 0.3 is 5.97 Å². The Balaban J connectivity index is 1.88. The summed E-state index contributed by atoms with van der Waals surface area (Å²) in [6.07, 6.45) is 5.54. The number of carbonyl (C=O) groups is 1. The molecule has 0 N–H and O–H groups in total. The minimum Gasteiger partial charge on any atom is -0.463 e. The first kappa shape index (κ1) is 22.0. The van der Waals surface area contributed by atoms with Crippen LogP contribution in [0.3, 0.4) is 0 Å². The van der Waals surface area contributed by atoms with Gasteiger partial charge in [0.2, 0.25) is 0 Å². The zero-order valence-corrected chi connectivity index (χ0v) is 19.2. The van der Waals surface area contributed by atoms with Gasteiger partial charge in [-0.1, -0.05) is 83.6 Å². The topological polar surface area (TPSA) is 60.7 Å². The highest BCUT2D eigenvalue weighted by molar-refractivity contribution is 7.07. The Kier molecular flexibility index (Phi) is 6.53. The molecule has 0 bridgehead atoms. The number of esters is 1. The lowest BCUT2D eigenvalue weighted by Gasteiger charge is -2.25. The first-order valence-corrected chi connectivity index (χ1v) is 11.4. The first-order valence-electron chi connectivity index (χ1n) is 10.2. The standard InChI is InChI=1S/C25H21ClN2O3S/c1-3-31-24(30)21-16(2)27-25-28(22(21)18-13-7-8-14-19(18)26)23(29)20(32-25)15-9-12-17-10-5-4-6-11-17/h4-15,22H,3H2,1-2H3/b12-9+,20-15?/t22-/m0/s1. The maximum Gasteiger partial charge on any atom is 0.338 e. The van der Waals surface area contributed by atoms with E-state index >= 15 is 0 Å². The third-order valence-electron chi connectivity index (χ3n) is 5.05. The summed E-state index contributed by atoms with van der Waals surface area (Å²) < 4.78 is 7.34. The van der Waals surface area contributed by atoms with Crippen LogP contribution in [0, 0.1) is 0 Å². The van der Waals surface area contributed by atoms with E-state index in [1.807, 2.05) is 60.7 Å². The highest BCUT2D eigenvalue weighted by Gasteiger charge is 2.34. The number of ether oxygens (including phenoxy) is 1. The third-order valence-corrected chi connectivity index (χ3v) is 6.40. The number of carbonyl (C=O) groups excluding carboxylic acids is 1. The van der Waals surface area contributed by atoms with Crippen molar-refractivity contribution < 1.29 is 9.53 Å². The van der Waals surface area contributed by atoms with Gasteiger partial charge in [0.05, 0.1) is 22.4 Å². The second kappa shape index (κ2) is 9.51. The number of thiazole rings is 1. The Labute approximate surface area is 194 Å². The average molecular weight is 465 g/mol. The van der Waals surface area contributed by atoms with Gasteiger partial charge in [0.25, 0.3) is 5.56 Å². The minimum atomic E-state index is -0.709. The summed E-state index contributed by atoms with van der Waals surface area (Å²) in [6.45, 7) is 3.72. The van der Waals surface area contributed by atoms with Crippen molar-refractivity contribution in [1.29, 1.82) is 0 Å². The van der Waals surface area contributed by atoms with Gasteiger partial charge in [-0.05, 0) is 37.1 Å². The lowest BCUT2D eigenvalue weighted by molar-refractivity contribution is -0.139. The Hall–Kier alpha value is -3.22. The molecule has 0 aliphatic carbocycles. The average Bonchev–Trinajstić information content (AvgIpc) is 3.09. The molecule has 1 atom stereocenters. The van der Waals surface area contributed by atoms with Crippen molar-refractivity contribution in [1.82, 2.24) is 4.57 Å². The number of halogens is 1. The van der Waals surface area contributed by atoms with Crippen molar-refractivity contribution in [2.75, 3.05) is 6.61 Å². The molecule has 2 heterocycles. The number of hydrogen-bond donors (Lipinski definition) is 0. The molecular formula is C25H21ClN2O3S. The van der Waals surface area contributed by atoms with Crippen LogP contribution >= 0.6 is 22.9 Å². The SMILES string of the molecule is CCOC(=O)C1=C(C)N=c2sc(=C/C=C/c3ccccc3)c(=O)n2[C@H]1c1ccccc1Cl. The van der Waals surface area contributed by atoms with Gasteiger partial charge in [-0.25, -0.2) is 9.79 Å². The van der Waals surface area contributed by atoms with Crippen LogP contribution in [0.5, 0.6) is 0 Å². The normalized spacial score (nSPS) is 16.2. The molecule has 1 aromatic heterocycles. The molecule has 0 radical (unpaired) electrons. The van der Waals surface area contributed by atoms with Crippen LogP contribution in [0.15, 0.2) is 81.7 Å². The molecular weight excluding hydrogens is 444 g/mol. The molecule has 0 fully saturated rings. The molecule has 0 amide bonds. The van der Waals surface area contributed by atoms with Crippen molar-refractivity contribution in [3.8, 4) is 0 Å². The number of hydrogen-bond acceptors (Lipinski definition) is 5. The summed E-state index contributed by atoms with van der Waals surface area (Å²) in [5, 5.41) is 0.465. The smallest absolute Gasteiger partial charge is 0.338 e. The second-order valence-electron chi connectivity index (χ2n) is 7.12. The fraction of sp³-hybridized carbons (Fsp3) is 0.160. The Morgan fingerprint density at radius 3 is 2.62 bits per heavy atom. The maximum absolute atomic E-state index is 13.4. The summed E-state index contributed by atoms with van der Waals surface area (Å²) >= 11 is 7.77.